The molecule has 0 bridgehead atoms. The zero-order valence-electron chi connectivity index (χ0n) is 11.3. The maximum Gasteiger partial charge on any atom is 0.288 e. The van der Waals surface area contributed by atoms with Crippen LogP contribution in [-0.4, -0.2) is 14.9 Å². The van der Waals surface area contributed by atoms with Crippen molar-refractivity contribution < 1.29 is 5.11 Å². The molecule has 0 fully saturated rings. The van der Waals surface area contributed by atoms with Crippen molar-refractivity contribution in [2.75, 3.05) is 0 Å². The van der Waals surface area contributed by atoms with Crippen LogP contribution < -0.4 is 5.56 Å². The Labute approximate surface area is 120 Å². The molecule has 5 nitrogen and oxygen atoms in total. The van der Waals surface area contributed by atoms with Gasteiger partial charge in [-0.15, -0.1) is 0 Å². The normalized spacial score (nSPS) is 10.7. The Morgan fingerprint density at radius 1 is 1.55 bits per heavy atom. The number of hydrogen-bond donors (Lipinski definition) is 1. The second kappa shape index (κ2) is 5.88. The minimum absolute atomic E-state index is 0.245. The van der Waals surface area contributed by atoms with Gasteiger partial charge in [0.2, 0.25) is 0 Å². The van der Waals surface area contributed by atoms with E-state index in [1.165, 1.54) is 16.0 Å². The number of nitrogens with zero attached hydrogens (tertiary/aromatic N) is 3. The molecule has 0 saturated carbocycles. The van der Waals surface area contributed by atoms with Crippen LogP contribution in [0, 0.1) is 17.2 Å². The third-order valence-electron chi connectivity index (χ3n) is 2.95. The number of thiophene rings is 1. The fourth-order valence-corrected chi connectivity index (χ4v) is 2.43. The molecule has 0 aliphatic carbocycles. The summed E-state index contributed by atoms with van der Waals surface area (Å²) in [4.78, 5) is 12.1. The fraction of sp³-hybridized carbons (Fsp3) is 0.357. The zero-order valence-corrected chi connectivity index (χ0v) is 12.1. The highest BCUT2D eigenvalue weighted by molar-refractivity contribution is 7.08. The van der Waals surface area contributed by atoms with Crippen LogP contribution in [0.5, 0.6) is 5.75 Å². The average Bonchev–Trinajstić information content (AvgIpc) is 2.92. The lowest BCUT2D eigenvalue weighted by molar-refractivity contribution is 0.443. The lowest BCUT2D eigenvalue weighted by Gasteiger charge is -2.10. The Morgan fingerprint density at radius 2 is 2.30 bits per heavy atom. The van der Waals surface area contributed by atoms with Gasteiger partial charge in [0.25, 0.3) is 5.56 Å². The Kier molecular flexibility index (Phi) is 4.20. The molecule has 0 atom stereocenters. The molecule has 2 aromatic rings. The van der Waals surface area contributed by atoms with Crippen molar-refractivity contribution in [3.63, 3.8) is 0 Å². The Balaban J connectivity index is 2.56. The van der Waals surface area contributed by atoms with Gasteiger partial charge >= 0.3 is 0 Å². The van der Waals surface area contributed by atoms with E-state index in [2.05, 4.69) is 18.9 Å². The predicted molar refractivity (Wildman–Crippen MR) is 77.6 cm³/mol. The number of nitriles is 1. The van der Waals surface area contributed by atoms with Crippen LogP contribution in [0.3, 0.4) is 0 Å². The summed E-state index contributed by atoms with van der Waals surface area (Å²) >= 11 is 1.46. The first-order chi connectivity index (χ1) is 9.54. The maximum absolute atomic E-state index is 12.1. The summed E-state index contributed by atoms with van der Waals surface area (Å²) in [5, 5.41) is 27.0. The third kappa shape index (κ3) is 2.73. The predicted octanol–water partition coefficient (Wildman–Crippen LogP) is 2.60. The van der Waals surface area contributed by atoms with Crippen LogP contribution in [0.4, 0.5) is 0 Å². The first-order valence-electron chi connectivity index (χ1n) is 6.31. The average molecular weight is 289 g/mol. The first-order valence-corrected chi connectivity index (χ1v) is 7.25. The van der Waals surface area contributed by atoms with Gasteiger partial charge < -0.3 is 5.11 Å². The molecule has 2 heterocycles. The van der Waals surface area contributed by atoms with Crippen molar-refractivity contribution in [2.24, 2.45) is 5.92 Å². The van der Waals surface area contributed by atoms with Crippen molar-refractivity contribution in [1.29, 1.82) is 5.26 Å². The summed E-state index contributed by atoms with van der Waals surface area (Å²) in [7, 11) is 0. The van der Waals surface area contributed by atoms with Crippen LogP contribution in [0.15, 0.2) is 21.6 Å². The molecule has 0 aromatic carbocycles. The maximum atomic E-state index is 12.1. The van der Waals surface area contributed by atoms with Gasteiger partial charge in [0.15, 0.2) is 11.3 Å². The number of aromatic nitrogens is 2. The molecule has 1 N–H and O–H groups in total. The molecule has 0 saturated heterocycles. The van der Waals surface area contributed by atoms with Crippen LogP contribution in [0.1, 0.15) is 25.8 Å². The van der Waals surface area contributed by atoms with Crippen molar-refractivity contribution in [2.45, 2.75) is 26.8 Å². The molecule has 2 aromatic heterocycles. The summed E-state index contributed by atoms with van der Waals surface area (Å²) in [6.07, 6.45) is 0.783. The number of aryl methyl sites for hydroxylation is 1. The van der Waals surface area contributed by atoms with Crippen molar-refractivity contribution in [3.05, 3.63) is 32.7 Å². The standard InChI is InChI=1S/C14H15N3O2S/c1-9(2)3-5-17-14(19)11(7-15)13(18)12(16-17)10-4-6-20-8-10/h4,6,8-9,18H,3,5H2,1-2H3. The first kappa shape index (κ1) is 14.3. The highest BCUT2D eigenvalue weighted by atomic mass is 32.1. The SMILES string of the molecule is CC(C)CCn1nc(-c2ccsc2)c(O)c(C#N)c1=O. The molecule has 0 amide bonds. The van der Waals surface area contributed by atoms with Gasteiger partial charge in [-0.2, -0.15) is 21.7 Å². The van der Waals surface area contributed by atoms with Gasteiger partial charge in [0.1, 0.15) is 11.8 Å². The Bertz CT molecular complexity index is 696. The molecular formula is C14H15N3O2S. The molecule has 104 valence electrons. The fourth-order valence-electron chi connectivity index (χ4n) is 1.79. The molecule has 0 unspecified atom stereocenters. The largest absolute Gasteiger partial charge is 0.504 e. The summed E-state index contributed by atoms with van der Waals surface area (Å²) in [6.45, 7) is 4.54. The molecule has 0 radical (unpaired) electrons. The van der Waals surface area contributed by atoms with Gasteiger partial charge in [-0.3, -0.25) is 4.79 Å². The monoisotopic (exact) mass is 289 g/mol. The summed E-state index contributed by atoms with van der Waals surface area (Å²) in [6, 6.07) is 3.57. The van der Waals surface area contributed by atoms with Crippen LogP contribution in [0.25, 0.3) is 11.3 Å². The minimum atomic E-state index is -0.537. The van der Waals surface area contributed by atoms with E-state index < -0.39 is 5.56 Å². The molecular weight excluding hydrogens is 274 g/mol. The highest BCUT2D eigenvalue weighted by Gasteiger charge is 2.18. The van der Waals surface area contributed by atoms with E-state index in [4.69, 9.17) is 5.26 Å². The van der Waals surface area contributed by atoms with Gasteiger partial charge in [-0.1, -0.05) is 13.8 Å². The summed E-state index contributed by atoms with van der Waals surface area (Å²) in [5.74, 6) is 0.0873. The number of rotatable bonds is 4. The smallest absolute Gasteiger partial charge is 0.288 e. The topological polar surface area (TPSA) is 78.9 Å². The number of hydrogen-bond acceptors (Lipinski definition) is 5. The molecule has 2 rings (SSSR count). The van der Waals surface area contributed by atoms with Crippen molar-refractivity contribution >= 4 is 11.3 Å². The molecule has 20 heavy (non-hydrogen) atoms. The highest BCUT2D eigenvalue weighted by Crippen LogP contribution is 2.29. The lowest BCUT2D eigenvalue weighted by atomic mass is 10.1. The van der Waals surface area contributed by atoms with Crippen molar-refractivity contribution in [3.8, 4) is 23.1 Å². The van der Waals surface area contributed by atoms with Crippen molar-refractivity contribution in [1.82, 2.24) is 9.78 Å². The lowest BCUT2D eigenvalue weighted by Crippen LogP contribution is -2.26. The van der Waals surface area contributed by atoms with Gasteiger partial charge in [0.05, 0.1) is 0 Å². The molecule has 6 heteroatoms. The van der Waals surface area contributed by atoms with Gasteiger partial charge in [-0.25, -0.2) is 4.68 Å². The molecule has 0 aliphatic heterocycles. The zero-order chi connectivity index (χ0) is 14.7. The van der Waals surface area contributed by atoms with Crippen LogP contribution in [-0.2, 0) is 6.54 Å². The minimum Gasteiger partial charge on any atom is -0.504 e. The van der Waals surface area contributed by atoms with Crippen LogP contribution >= 0.6 is 11.3 Å². The second-order valence-electron chi connectivity index (χ2n) is 4.91. The van der Waals surface area contributed by atoms with E-state index in [0.29, 0.717) is 18.0 Å². The Hall–Kier alpha value is -2.13. The third-order valence-corrected chi connectivity index (χ3v) is 3.64. The van der Waals surface area contributed by atoms with E-state index in [1.807, 2.05) is 10.8 Å². The van der Waals surface area contributed by atoms with E-state index in [0.717, 1.165) is 6.42 Å². The quantitative estimate of drug-likeness (QED) is 0.938. The summed E-state index contributed by atoms with van der Waals surface area (Å²) in [5.41, 5.74) is 0.211. The van der Waals surface area contributed by atoms with E-state index in [-0.39, 0.29) is 17.0 Å². The van der Waals surface area contributed by atoms with E-state index in [9.17, 15) is 9.90 Å². The Morgan fingerprint density at radius 3 is 2.85 bits per heavy atom. The number of aromatic hydroxyl groups is 1. The van der Waals surface area contributed by atoms with Crippen LogP contribution in [0.2, 0.25) is 0 Å². The molecule has 0 spiro atoms. The summed E-state index contributed by atoms with van der Waals surface area (Å²) < 4.78 is 1.27. The van der Waals surface area contributed by atoms with E-state index in [1.54, 1.807) is 12.1 Å². The molecule has 0 aliphatic rings. The van der Waals surface area contributed by atoms with Gasteiger partial charge in [-0.05, 0) is 23.8 Å². The van der Waals surface area contributed by atoms with E-state index >= 15 is 0 Å². The van der Waals surface area contributed by atoms with Gasteiger partial charge in [0, 0.05) is 17.5 Å². The second-order valence-corrected chi connectivity index (χ2v) is 5.69.